The predicted molar refractivity (Wildman–Crippen MR) is 221 cm³/mol. The molecule has 10 rings (SSSR count). The van der Waals surface area contributed by atoms with Crippen molar-refractivity contribution in [2.75, 3.05) is 4.90 Å². The summed E-state index contributed by atoms with van der Waals surface area (Å²) in [6.07, 6.45) is 0. The fourth-order valence-electron chi connectivity index (χ4n) is 7.84. The number of nitrogens with zero attached hydrogens (tertiary/aromatic N) is 2. The Morgan fingerprint density at radius 3 is 1.67 bits per heavy atom. The van der Waals surface area contributed by atoms with E-state index in [0.717, 1.165) is 22.7 Å². The summed E-state index contributed by atoms with van der Waals surface area (Å²) in [5, 5.41) is 7.48. The maximum Gasteiger partial charge on any atom is 0.0542 e. The van der Waals surface area contributed by atoms with Crippen molar-refractivity contribution in [3.8, 4) is 27.9 Å². The monoisotopic (exact) mass is 662 g/mol. The summed E-state index contributed by atoms with van der Waals surface area (Å²) in [4.78, 5) is 2.38. The van der Waals surface area contributed by atoms with E-state index in [2.05, 4.69) is 216 Å². The van der Waals surface area contributed by atoms with Gasteiger partial charge in [0.05, 0.1) is 11.0 Å². The first-order valence-electron chi connectivity index (χ1n) is 17.8. The lowest BCUT2D eigenvalue weighted by atomic mass is 9.98. The fourth-order valence-corrected chi connectivity index (χ4v) is 7.84. The quantitative estimate of drug-likeness (QED) is 0.172. The van der Waals surface area contributed by atoms with Crippen molar-refractivity contribution in [1.29, 1.82) is 0 Å². The zero-order valence-corrected chi connectivity index (χ0v) is 28.5. The first kappa shape index (κ1) is 30.0. The van der Waals surface area contributed by atoms with Crippen LogP contribution in [0, 0.1) is 0 Å². The molecule has 2 heteroatoms. The van der Waals surface area contributed by atoms with Gasteiger partial charge in [-0.25, -0.2) is 0 Å². The summed E-state index contributed by atoms with van der Waals surface area (Å²) >= 11 is 0. The summed E-state index contributed by atoms with van der Waals surface area (Å²) in [6.45, 7) is 0. The zero-order valence-electron chi connectivity index (χ0n) is 28.5. The van der Waals surface area contributed by atoms with Gasteiger partial charge in [0.1, 0.15) is 0 Å². The summed E-state index contributed by atoms with van der Waals surface area (Å²) < 4.78 is 2.37. The average molecular weight is 663 g/mol. The molecule has 0 amide bonds. The molecule has 52 heavy (non-hydrogen) atoms. The molecule has 9 aromatic carbocycles. The molecule has 1 aromatic heterocycles. The molecule has 0 saturated heterocycles. The second-order valence-electron chi connectivity index (χ2n) is 13.4. The van der Waals surface area contributed by atoms with Crippen molar-refractivity contribution in [2.45, 2.75) is 0 Å². The Kier molecular flexibility index (Phi) is 7.18. The summed E-state index contributed by atoms with van der Waals surface area (Å²) in [6, 6.07) is 74.7. The molecule has 10 aromatic rings. The molecular weight excluding hydrogens is 629 g/mol. The minimum atomic E-state index is 1.11. The highest BCUT2D eigenvalue weighted by atomic mass is 15.1. The standard InChI is InChI=1S/C50H34N2/c1-2-15-41(16-3-1)52-49-20-9-8-18-47(49)48-34-44(31-32-50(48)52)51(42-27-23-36(24-28-42)40-22-21-35-11-4-5-13-39(35)33-40)43-29-25-38(26-30-43)46-19-10-14-37-12-6-7-17-45(37)46/h1-34H. The Bertz CT molecular complexity index is 2880. The van der Waals surface area contributed by atoms with Crippen LogP contribution in [0.4, 0.5) is 17.1 Å². The highest BCUT2D eigenvalue weighted by Crippen LogP contribution is 2.41. The van der Waals surface area contributed by atoms with Gasteiger partial charge in [0, 0.05) is 33.5 Å². The minimum absolute atomic E-state index is 1.11. The number of hydrogen-bond acceptors (Lipinski definition) is 1. The molecule has 0 bridgehead atoms. The van der Waals surface area contributed by atoms with E-state index in [0.29, 0.717) is 0 Å². The van der Waals surface area contributed by atoms with Gasteiger partial charge >= 0.3 is 0 Å². The summed E-state index contributed by atoms with van der Waals surface area (Å²) in [5.74, 6) is 0. The lowest BCUT2D eigenvalue weighted by molar-refractivity contribution is 1.18. The molecule has 0 aliphatic rings. The van der Waals surface area contributed by atoms with Crippen molar-refractivity contribution in [3.05, 3.63) is 206 Å². The Morgan fingerprint density at radius 1 is 0.308 bits per heavy atom. The zero-order chi connectivity index (χ0) is 34.4. The van der Waals surface area contributed by atoms with E-state index >= 15 is 0 Å². The van der Waals surface area contributed by atoms with Gasteiger partial charge < -0.3 is 9.47 Å². The van der Waals surface area contributed by atoms with Crippen LogP contribution in [0.15, 0.2) is 206 Å². The van der Waals surface area contributed by atoms with Gasteiger partial charge in [0.2, 0.25) is 0 Å². The van der Waals surface area contributed by atoms with E-state index in [9.17, 15) is 0 Å². The molecule has 0 radical (unpaired) electrons. The number of para-hydroxylation sites is 2. The van der Waals surface area contributed by atoms with Crippen molar-refractivity contribution in [1.82, 2.24) is 4.57 Å². The van der Waals surface area contributed by atoms with Crippen LogP contribution in [-0.4, -0.2) is 4.57 Å². The van der Waals surface area contributed by atoms with Crippen molar-refractivity contribution in [3.63, 3.8) is 0 Å². The number of benzene rings is 9. The summed E-state index contributed by atoms with van der Waals surface area (Å²) in [7, 11) is 0. The molecule has 0 N–H and O–H groups in total. The lowest BCUT2D eigenvalue weighted by Gasteiger charge is -2.26. The van der Waals surface area contributed by atoms with Crippen LogP contribution in [0.2, 0.25) is 0 Å². The lowest BCUT2D eigenvalue weighted by Crippen LogP contribution is -2.10. The first-order chi connectivity index (χ1) is 25.8. The molecule has 244 valence electrons. The molecule has 1 heterocycles. The Labute approximate surface area is 303 Å². The second kappa shape index (κ2) is 12.5. The van der Waals surface area contributed by atoms with Gasteiger partial charge in [-0.1, -0.05) is 140 Å². The fraction of sp³-hybridized carbons (Fsp3) is 0. The van der Waals surface area contributed by atoms with Gasteiger partial charge in [-0.15, -0.1) is 0 Å². The molecule has 0 spiro atoms. The predicted octanol–water partition coefficient (Wildman–Crippen LogP) is 13.9. The van der Waals surface area contributed by atoms with Gasteiger partial charge in [0.15, 0.2) is 0 Å². The number of rotatable bonds is 6. The van der Waals surface area contributed by atoms with Crippen LogP contribution in [-0.2, 0) is 0 Å². The van der Waals surface area contributed by atoms with Crippen LogP contribution < -0.4 is 4.90 Å². The number of hydrogen-bond donors (Lipinski definition) is 0. The molecule has 0 aliphatic heterocycles. The van der Waals surface area contributed by atoms with Crippen LogP contribution in [0.5, 0.6) is 0 Å². The number of fused-ring (bicyclic) bond motifs is 5. The number of anilines is 3. The van der Waals surface area contributed by atoms with E-state index in [4.69, 9.17) is 0 Å². The van der Waals surface area contributed by atoms with Gasteiger partial charge in [-0.05, 0) is 111 Å². The van der Waals surface area contributed by atoms with Crippen LogP contribution in [0.3, 0.4) is 0 Å². The first-order valence-corrected chi connectivity index (χ1v) is 17.8. The van der Waals surface area contributed by atoms with E-state index < -0.39 is 0 Å². The largest absolute Gasteiger partial charge is 0.310 e. The smallest absolute Gasteiger partial charge is 0.0542 e. The maximum atomic E-state index is 2.38. The molecule has 0 atom stereocenters. The van der Waals surface area contributed by atoms with Crippen LogP contribution >= 0.6 is 0 Å². The van der Waals surface area contributed by atoms with Gasteiger partial charge in [0.25, 0.3) is 0 Å². The van der Waals surface area contributed by atoms with Gasteiger partial charge in [-0.3, -0.25) is 0 Å². The topological polar surface area (TPSA) is 8.17 Å². The molecule has 0 unspecified atom stereocenters. The normalized spacial score (nSPS) is 11.5. The third-order valence-corrected chi connectivity index (χ3v) is 10.4. The number of aromatic nitrogens is 1. The van der Waals surface area contributed by atoms with Crippen molar-refractivity contribution < 1.29 is 0 Å². The highest BCUT2D eigenvalue weighted by molar-refractivity contribution is 6.10. The Hall–Kier alpha value is -6.90. The molecule has 0 aliphatic carbocycles. The van der Waals surface area contributed by atoms with E-state index in [1.54, 1.807) is 0 Å². The van der Waals surface area contributed by atoms with E-state index in [1.807, 2.05) is 0 Å². The maximum absolute atomic E-state index is 2.38. The third kappa shape index (κ3) is 5.12. The SMILES string of the molecule is c1ccc(-n2c3ccccc3c3cc(N(c4ccc(-c5ccc6ccccc6c5)cc4)c4ccc(-c5cccc6ccccc56)cc4)ccc32)cc1. The molecule has 2 nitrogen and oxygen atoms in total. The van der Waals surface area contributed by atoms with Gasteiger partial charge in [-0.2, -0.15) is 0 Å². The minimum Gasteiger partial charge on any atom is -0.310 e. The van der Waals surface area contributed by atoms with E-state index in [1.165, 1.54) is 65.6 Å². The molecule has 0 saturated carbocycles. The molecule has 0 fully saturated rings. The van der Waals surface area contributed by atoms with Crippen LogP contribution in [0.25, 0.3) is 71.3 Å². The second-order valence-corrected chi connectivity index (χ2v) is 13.4. The molecular formula is C50H34N2. The van der Waals surface area contributed by atoms with E-state index in [-0.39, 0.29) is 0 Å². The Morgan fingerprint density at radius 2 is 0.885 bits per heavy atom. The Balaban J connectivity index is 1.12. The van der Waals surface area contributed by atoms with Crippen molar-refractivity contribution in [2.24, 2.45) is 0 Å². The third-order valence-electron chi connectivity index (χ3n) is 10.4. The highest BCUT2D eigenvalue weighted by Gasteiger charge is 2.18. The van der Waals surface area contributed by atoms with Crippen LogP contribution in [0.1, 0.15) is 0 Å². The van der Waals surface area contributed by atoms with Crippen molar-refractivity contribution >= 4 is 60.4 Å². The summed E-state index contributed by atoms with van der Waals surface area (Å²) in [5.41, 5.74) is 11.7. The average Bonchev–Trinajstić information content (AvgIpc) is 3.55.